The Kier molecular flexibility index (Phi) is 9.64. The molecule has 162 valence electrons. The molecule has 0 aromatic rings. The number of hydrogen-bond donors (Lipinski definition) is 2. The topological polar surface area (TPSA) is 75.6 Å². The van der Waals surface area contributed by atoms with E-state index in [1.807, 2.05) is 0 Å². The van der Waals surface area contributed by atoms with Crippen LogP contribution in [0.3, 0.4) is 0 Å². The molecule has 2 N–H and O–H groups in total. The van der Waals surface area contributed by atoms with Gasteiger partial charge in [0.05, 0.1) is 6.61 Å². The SMILES string of the molecule is CCCCCCOS(=O)NC1C[C@H]2C[C@@H](C1CC=CCCCC(=O)O)C2(C)C. The molecule has 3 saturated carbocycles. The number of fused-ring (bicyclic) bond motifs is 2. The maximum Gasteiger partial charge on any atom is 0.303 e. The highest BCUT2D eigenvalue weighted by Crippen LogP contribution is 2.62. The van der Waals surface area contributed by atoms with Crippen molar-refractivity contribution in [3.05, 3.63) is 12.2 Å². The number of hydrogen-bond acceptors (Lipinski definition) is 3. The van der Waals surface area contributed by atoms with E-state index in [9.17, 15) is 9.00 Å². The number of carboxylic acid groups (broad SMARTS) is 1. The maximum atomic E-state index is 12.4. The number of aliphatic carboxylic acids is 1. The van der Waals surface area contributed by atoms with Crippen LogP contribution in [-0.4, -0.2) is 27.9 Å². The summed E-state index contributed by atoms with van der Waals surface area (Å²) in [4.78, 5) is 10.6. The van der Waals surface area contributed by atoms with Crippen LogP contribution in [0, 0.1) is 23.2 Å². The molecule has 3 aliphatic rings. The average molecular weight is 414 g/mol. The molecule has 0 aromatic carbocycles. The first-order valence-electron chi connectivity index (χ1n) is 11.0. The Labute approximate surface area is 173 Å². The smallest absolute Gasteiger partial charge is 0.303 e. The fourth-order valence-corrected chi connectivity index (χ4v) is 5.83. The second kappa shape index (κ2) is 11.5. The van der Waals surface area contributed by atoms with E-state index >= 15 is 0 Å². The summed E-state index contributed by atoms with van der Waals surface area (Å²) < 4.78 is 21.1. The molecule has 5 nitrogen and oxygen atoms in total. The summed E-state index contributed by atoms with van der Waals surface area (Å²) in [5.74, 6) is 1.08. The van der Waals surface area contributed by atoms with Gasteiger partial charge in [0.25, 0.3) is 0 Å². The van der Waals surface area contributed by atoms with E-state index in [2.05, 4.69) is 37.6 Å². The third kappa shape index (κ3) is 6.67. The summed E-state index contributed by atoms with van der Waals surface area (Å²) in [5.41, 5.74) is 0.364. The van der Waals surface area contributed by atoms with E-state index in [0.29, 0.717) is 36.2 Å². The molecule has 0 amide bonds. The summed E-state index contributed by atoms with van der Waals surface area (Å²) in [6, 6.07) is 0.233. The second-order valence-electron chi connectivity index (χ2n) is 9.09. The zero-order valence-electron chi connectivity index (χ0n) is 17.8. The van der Waals surface area contributed by atoms with Crippen molar-refractivity contribution in [1.29, 1.82) is 0 Å². The molecule has 3 unspecified atom stereocenters. The highest BCUT2D eigenvalue weighted by molar-refractivity contribution is 7.78. The van der Waals surface area contributed by atoms with Gasteiger partial charge in [0, 0.05) is 12.5 Å². The minimum absolute atomic E-state index is 0.226. The van der Waals surface area contributed by atoms with Crippen molar-refractivity contribution in [2.24, 2.45) is 23.2 Å². The summed E-state index contributed by atoms with van der Waals surface area (Å²) in [5, 5.41) is 8.72. The Bertz CT molecular complexity index is 549. The van der Waals surface area contributed by atoms with Crippen molar-refractivity contribution >= 4 is 17.2 Å². The molecule has 6 heteroatoms. The van der Waals surface area contributed by atoms with Crippen LogP contribution >= 0.6 is 0 Å². The van der Waals surface area contributed by atoms with Crippen molar-refractivity contribution in [1.82, 2.24) is 4.72 Å². The molecule has 0 aromatic heterocycles. The lowest BCUT2D eigenvalue weighted by atomic mass is 9.44. The van der Waals surface area contributed by atoms with Gasteiger partial charge >= 0.3 is 5.97 Å². The number of unbranched alkanes of at least 4 members (excludes halogenated alkanes) is 4. The van der Waals surface area contributed by atoms with E-state index in [0.717, 1.165) is 32.1 Å². The maximum absolute atomic E-state index is 12.4. The van der Waals surface area contributed by atoms with Crippen LogP contribution in [-0.2, 0) is 20.2 Å². The second-order valence-corrected chi connectivity index (χ2v) is 10.0. The number of nitrogens with one attached hydrogen (secondary N) is 1. The Morgan fingerprint density at radius 1 is 1.21 bits per heavy atom. The number of carbonyl (C=O) groups is 1. The summed E-state index contributed by atoms with van der Waals surface area (Å²) in [6.45, 7) is 7.47. The van der Waals surface area contributed by atoms with Gasteiger partial charge in [0.2, 0.25) is 11.3 Å². The van der Waals surface area contributed by atoms with E-state index in [1.165, 1.54) is 19.3 Å². The Morgan fingerprint density at radius 2 is 2.00 bits per heavy atom. The summed E-state index contributed by atoms with van der Waals surface area (Å²) >= 11 is -1.42. The van der Waals surface area contributed by atoms with Crippen molar-refractivity contribution in [2.45, 2.75) is 91.0 Å². The van der Waals surface area contributed by atoms with E-state index < -0.39 is 17.2 Å². The van der Waals surface area contributed by atoms with Gasteiger partial charge < -0.3 is 5.11 Å². The molecule has 3 fully saturated rings. The van der Waals surface area contributed by atoms with Gasteiger partial charge in [-0.2, -0.15) is 0 Å². The lowest BCUT2D eigenvalue weighted by molar-refractivity contribution is -0.137. The average Bonchev–Trinajstić information content (AvgIpc) is 2.64. The van der Waals surface area contributed by atoms with Crippen LogP contribution in [0.15, 0.2) is 12.2 Å². The Hall–Kier alpha value is -0.720. The normalized spacial score (nSPS) is 29.5. The van der Waals surface area contributed by atoms with Crippen LogP contribution in [0.5, 0.6) is 0 Å². The quantitative estimate of drug-likeness (QED) is 0.310. The van der Waals surface area contributed by atoms with Crippen molar-refractivity contribution in [2.75, 3.05) is 6.61 Å². The summed E-state index contributed by atoms with van der Waals surface area (Å²) in [6.07, 6.45) is 13.8. The van der Waals surface area contributed by atoms with Crippen molar-refractivity contribution in [3.8, 4) is 0 Å². The molecule has 5 atom stereocenters. The fourth-order valence-electron chi connectivity index (χ4n) is 4.97. The van der Waals surface area contributed by atoms with Gasteiger partial charge in [-0.05, 0) is 61.7 Å². The fraction of sp³-hybridized carbons (Fsp3) is 0.864. The third-order valence-electron chi connectivity index (χ3n) is 6.89. The van der Waals surface area contributed by atoms with Crippen LogP contribution in [0.4, 0.5) is 0 Å². The predicted octanol–water partition coefficient (Wildman–Crippen LogP) is 5.00. The first-order valence-corrected chi connectivity index (χ1v) is 12.1. The molecule has 0 heterocycles. The molecule has 28 heavy (non-hydrogen) atoms. The lowest BCUT2D eigenvalue weighted by Crippen LogP contribution is -2.60. The molecule has 2 bridgehead atoms. The van der Waals surface area contributed by atoms with E-state index in [-0.39, 0.29) is 12.5 Å². The third-order valence-corrected chi connectivity index (χ3v) is 7.77. The van der Waals surface area contributed by atoms with Crippen molar-refractivity contribution in [3.63, 3.8) is 0 Å². The number of rotatable bonds is 14. The number of allylic oxidation sites excluding steroid dienone is 2. The number of carboxylic acids is 1. The molecule has 3 rings (SSSR count). The zero-order chi connectivity index (χ0) is 20.6. The molecule has 3 aliphatic carbocycles. The van der Waals surface area contributed by atoms with Gasteiger partial charge in [-0.25, -0.2) is 8.93 Å². The minimum Gasteiger partial charge on any atom is -0.481 e. The predicted molar refractivity (Wildman–Crippen MR) is 114 cm³/mol. The van der Waals surface area contributed by atoms with Crippen LogP contribution in [0.25, 0.3) is 0 Å². The first kappa shape index (κ1) is 23.6. The first-order chi connectivity index (χ1) is 13.4. The van der Waals surface area contributed by atoms with Gasteiger partial charge in [0.1, 0.15) is 0 Å². The molecule has 0 spiro atoms. The largest absolute Gasteiger partial charge is 0.481 e. The lowest BCUT2D eigenvalue weighted by Gasteiger charge is -2.62. The highest BCUT2D eigenvalue weighted by atomic mass is 32.2. The van der Waals surface area contributed by atoms with Crippen LogP contribution < -0.4 is 4.72 Å². The van der Waals surface area contributed by atoms with Gasteiger partial charge in [-0.1, -0.05) is 52.2 Å². The minimum atomic E-state index is -1.42. The van der Waals surface area contributed by atoms with E-state index in [4.69, 9.17) is 9.29 Å². The van der Waals surface area contributed by atoms with Crippen LogP contribution in [0.2, 0.25) is 0 Å². The summed E-state index contributed by atoms with van der Waals surface area (Å²) in [7, 11) is 0. The van der Waals surface area contributed by atoms with Gasteiger partial charge in [-0.3, -0.25) is 8.98 Å². The van der Waals surface area contributed by atoms with Crippen molar-refractivity contribution < 1.29 is 18.3 Å². The van der Waals surface area contributed by atoms with Gasteiger partial charge in [0.15, 0.2) is 0 Å². The highest BCUT2D eigenvalue weighted by Gasteiger charge is 2.57. The molecule has 0 radical (unpaired) electrons. The molecular weight excluding hydrogens is 374 g/mol. The molecule has 0 saturated heterocycles. The molecule has 0 aliphatic heterocycles. The molecular formula is C22H39NO4S. The van der Waals surface area contributed by atoms with Gasteiger partial charge in [-0.15, -0.1) is 0 Å². The Balaban J connectivity index is 1.81. The monoisotopic (exact) mass is 413 g/mol. The van der Waals surface area contributed by atoms with E-state index in [1.54, 1.807) is 0 Å². The Morgan fingerprint density at radius 3 is 2.68 bits per heavy atom. The van der Waals surface area contributed by atoms with Crippen LogP contribution in [0.1, 0.15) is 85.0 Å². The standard InChI is InChI=1S/C22H39NO4S/c1-4-5-6-11-14-27-28(26)23-20-16-17-15-19(22(17,2)3)18(20)12-9-7-8-10-13-21(24)25/h7,9,17-20,23H,4-6,8,10-16H2,1-3H3,(H,24,25)/t17-,18?,19+,20?,28?/m1/s1. The zero-order valence-corrected chi connectivity index (χ0v) is 18.6.